The molecule has 0 radical (unpaired) electrons. The summed E-state index contributed by atoms with van der Waals surface area (Å²) >= 11 is 0. The third-order valence-corrected chi connectivity index (χ3v) is 3.75. The molecular weight excluding hydrogens is 232 g/mol. The standard InChI is InChI=1S/C14H18O4/c1-10(8-17-2)14(13(15)16)7-11-5-3-4-6-12(11)18-9-14/h3-6,10H,7-9H2,1-2H3,(H,15,16). The van der Waals surface area contributed by atoms with E-state index in [1.54, 1.807) is 7.11 Å². The number of aliphatic carboxylic acids is 1. The van der Waals surface area contributed by atoms with Gasteiger partial charge in [0.25, 0.3) is 0 Å². The topological polar surface area (TPSA) is 55.8 Å². The van der Waals surface area contributed by atoms with Crippen LogP contribution in [0.4, 0.5) is 0 Å². The van der Waals surface area contributed by atoms with Crippen LogP contribution in [0.2, 0.25) is 0 Å². The molecule has 1 aromatic carbocycles. The number of benzene rings is 1. The lowest BCUT2D eigenvalue weighted by Crippen LogP contribution is -2.48. The second kappa shape index (κ2) is 4.98. The quantitative estimate of drug-likeness (QED) is 0.887. The first-order valence-corrected chi connectivity index (χ1v) is 6.03. The zero-order valence-electron chi connectivity index (χ0n) is 10.7. The van der Waals surface area contributed by atoms with Crippen molar-refractivity contribution >= 4 is 5.97 Å². The van der Waals surface area contributed by atoms with Crippen LogP contribution in [0.5, 0.6) is 5.75 Å². The van der Waals surface area contributed by atoms with Gasteiger partial charge in [-0.15, -0.1) is 0 Å². The molecule has 0 amide bonds. The Balaban J connectivity index is 2.32. The summed E-state index contributed by atoms with van der Waals surface area (Å²) in [6.07, 6.45) is 0.489. The Bertz CT molecular complexity index is 443. The average molecular weight is 250 g/mol. The maximum absolute atomic E-state index is 11.7. The zero-order chi connectivity index (χ0) is 13.2. The van der Waals surface area contributed by atoms with E-state index in [9.17, 15) is 9.90 Å². The second-order valence-corrected chi connectivity index (χ2v) is 4.89. The molecule has 98 valence electrons. The van der Waals surface area contributed by atoms with Crippen molar-refractivity contribution in [2.75, 3.05) is 20.3 Å². The highest BCUT2D eigenvalue weighted by molar-refractivity contribution is 5.76. The van der Waals surface area contributed by atoms with E-state index in [1.165, 1.54) is 0 Å². The maximum atomic E-state index is 11.7. The summed E-state index contributed by atoms with van der Waals surface area (Å²) in [7, 11) is 1.59. The van der Waals surface area contributed by atoms with Gasteiger partial charge in [0.05, 0.1) is 0 Å². The first-order chi connectivity index (χ1) is 8.60. The van der Waals surface area contributed by atoms with Gasteiger partial charge in [-0.25, -0.2) is 0 Å². The van der Waals surface area contributed by atoms with Gasteiger partial charge in [0, 0.05) is 13.7 Å². The van der Waals surface area contributed by atoms with Crippen molar-refractivity contribution in [2.24, 2.45) is 11.3 Å². The summed E-state index contributed by atoms with van der Waals surface area (Å²) in [5, 5.41) is 9.58. The Morgan fingerprint density at radius 1 is 1.56 bits per heavy atom. The Hall–Kier alpha value is -1.55. The molecule has 1 aliphatic rings. The van der Waals surface area contributed by atoms with Gasteiger partial charge in [-0.05, 0) is 24.0 Å². The number of para-hydroxylation sites is 1. The van der Waals surface area contributed by atoms with Gasteiger partial charge in [0.2, 0.25) is 0 Å². The van der Waals surface area contributed by atoms with Crippen molar-refractivity contribution in [1.29, 1.82) is 0 Å². The van der Waals surface area contributed by atoms with Crippen LogP contribution in [-0.4, -0.2) is 31.4 Å². The van der Waals surface area contributed by atoms with E-state index < -0.39 is 11.4 Å². The summed E-state index contributed by atoms with van der Waals surface area (Å²) in [6, 6.07) is 7.60. The lowest BCUT2D eigenvalue weighted by atomic mass is 9.71. The van der Waals surface area contributed by atoms with Crippen LogP contribution in [0.1, 0.15) is 12.5 Å². The van der Waals surface area contributed by atoms with Gasteiger partial charge in [0.15, 0.2) is 0 Å². The molecule has 0 saturated carbocycles. The van der Waals surface area contributed by atoms with Gasteiger partial charge in [-0.2, -0.15) is 0 Å². The van der Waals surface area contributed by atoms with Crippen LogP contribution in [0, 0.1) is 11.3 Å². The van der Waals surface area contributed by atoms with Crippen molar-refractivity contribution < 1.29 is 19.4 Å². The van der Waals surface area contributed by atoms with Crippen molar-refractivity contribution in [3.8, 4) is 5.75 Å². The predicted molar refractivity (Wildman–Crippen MR) is 66.7 cm³/mol. The van der Waals surface area contributed by atoms with Gasteiger partial charge >= 0.3 is 5.97 Å². The molecule has 4 heteroatoms. The third kappa shape index (κ3) is 2.08. The fraction of sp³-hybridized carbons (Fsp3) is 0.500. The van der Waals surface area contributed by atoms with Crippen LogP contribution in [0.15, 0.2) is 24.3 Å². The third-order valence-electron chi connectivity index (χ3n) is 3.75. The highest BCUT2D eigenvalue weighted by atomic mass is 16.5. The number of fused-ring (bicyclic) bond motifs is 1. The van der Waals surface area contributed by atoms with E-state index in [4.69, 9.17) is 9.47 Å². The largest absolute Gasteiger partial charge is 0.492 e. The minimum absolute atomic E-state index is 0.103. The lowest BCUT2D eigenvalue weighted by Gasteiger charge is -2.38. The molecule has 2 unspecified atom stereocenters. The molecule has 0 aliphatic carbocycles. The number of carbonyl (C=O) groups is 1. The van der Waals surface area contributed by atoms with E-state index in [0.29, 0.717) is 13.0 Å². The summed E-state index contributed by atoms with van der Waals surface area (Å²) in [4.78, 5) is 11.7. The lowest BCUT2D eigenvalue weighted by molar-refractivity contribution is -0.157. The highest BCUT2D eigenvalue weighted by Crippen LogP contribution is 2.40. The molecular formula is C14H18O4. The molecule has 0 bridgehead atoms. The first kappa shape index (κ1) is 12.9. The monoisotopic (exact) mass is 250 g/mol. The normalized spacial score (nSPS) is 23.9. The van der Waals surface area contributed by atoms with Crippen molar-refractivity contribution in [2.45, 2.75) is 13.3 Å². The number of ether oxygens (including phenoxy) is 2. The molecule has 0 aromatic heterocycles. The number of methoxy groups -OCH3 is 1. The Morgan fingerprint density at radius 3 is 2.94 bits per heavy atom. The van der Waals surface area contributed by atoms with Gasteiger partial charge in [-0.3, -0.25) is 4.79 Å². The van der Waals surface area contributed by atoms with Crippen LogP contribution >= 0.6 is 0 Å². The average Bonchev–Trinajstić information content (AvgIpc) is 2.38. The Morgan fingerprint density at radius 2 is 2.28 bits per heavy atom. The molecule has 0 spiro atoms. The van der Waals surface area contributed by atoms with Gasteiger partial charge in [0.1, 0.15) is 17.8 Å². The maximum Gasteiger partial charge on any atom is 0.313 e. The fourth-order valence-corrected chi connectivity index (χ4v) is 2.46. The molecule has 1 N–H and O–H groups in total. The minimum Gasteiger partial charge on any atom is -0.492 e. The van der Waals surface area contributed by atoms with Crippen LogP contribution in [0.25, 0.3) is 0 Å². The van der Waals surface area contributed by atoms with E-state index in [1.807, 2.05) is 31.2 Å². The van der Waals surface area contributed by atoms with Crippen molar-refractivity contribution in [1.82, 2.24) is 0 Å². The van der Waals surface area contributed by atoms with Gasteiger partial charge in [-0.1, -0.05) is 25.1 Å². The zero-order valence-corrected chi connectivity index (χ0v) is 10.7. The van der Waals surface area contributed by atoms with Crippen LogP contribution in [-0.2, 0) is 16.0 Å². The Kier molecular flexibility index (Phi) is 3.57. The van der Waals surface area contributed by atoms with Crippen LogP contribution < -0.4 is 4.74 Å². The molecule has 18 heavy (non-hydrogen) atoms. The number of hydrogen-bond acceptors (Lipinski definition) is 3. The molecule has 4 nitrogen and oxygen atoms in total. The van der Waals surface area contributed by atoms with Crippen molar-refractivity contribution in [3.05, 3.63) is 29.8 Å². The molecule has 2 rings (SSSR count). The summed E-state index contributed by atoms with van der Waals surface area (Å²) in [6.45, 7) is 2.51. The van der Waals surface area contributed by atoms with Gasteiger partial charge < -0.3 is 14.6 Å². The molecule has 1 aliphatic heterocycles. The van der Waals surface area contributed by atoms with Crippen LogP contribution in [0.3, 0.4) is 0 Å². The SMILES string of the molecule is COCC(C)C1(C(=O)O)COc2ccccc2C1. The fourth-order valence-electron chi connectivity index (χ4n) is 2.46. The minimum atomic E-state index is -0.898. The number of hydrogen-bond donors (Lipinski definition) is 1. The predicted octanol–water partition coefficient (Wildman–Crippen LogP) is 1.98. The molecule has 0 fully saturated rings. The van der Waals surface area contributed by atoms with E-state index in [0.717, 1.165) is 11.3 Å². The first-order valence-electron chi connectivity index (χ1n) is 6.03. The second-order valence-electron chi connectivity index (χ2n) is 4.89. The molecule has 2 atom stereocenters. The van der Waals surface area contributed by atoms with E-state index in [2.05, 4.69) is 0 Å². The number of carboxylic acids is 1. The number of rotatable bonds is 4. The highest BCUT2D eigenvalue weighted by Gasteiger charge is 2.47. The molecule has 1 aromatic rings. The van der Waals surface area contributed by atoms with Crippen molar-refractivity contribution in [3.63, 3.8) is 0 Å². The summed E-state index contributed by atoms with van der Waals surface area (Å²) < 4.78 is 10.7. The molecule has 0 saturated heterocycles. The Labute approximate surface area is 107 Å². The summed E-state index contributed by atoms with van der Waals surface area (Å²) in [5.74, 6) is -0.131. The number of carboxylic acid groups (broad SMARTS) is 1. The smallest absolute Gasteiger partial charge is 0.313 e. The molecule has 1 heterocycles. The summed E-state index contributed by atoms with van der Waals surface area (Å²) in [5.41, 5.74) is 0.0544. The van der Waals surface area contributed by atoms with E-state index in [-0.39, 0.29) is 12.5 Å². The van der Waals surface area contributed by atoms with E-state index >= 15 is 0 Å².